The van der Waals surface area contributed by atoms with Crippen LogP contribution in [0.2, 0.25) is 0 Å². The molecule has 106 valence electrons. The highest BCUT2D eigenvalue weighted by Gasteiger charge is 2.07. The van der Waals surface area contributed by atoms with Crippen molar-refractivity contribution in [3.63, 3.8) is 0 Å². The highest BCUT2D eigenvalue weighted by molar-refractivity contribution is 5.61. The summed E-state index contributed by atoms with van der Waals surface area (Å²) in [4.78, 5) is 21.8. The molecule has 0 spiro atoms. The van der Waals surface area contributed by atoms with E-state index in [4.69, 9.17) is 6.42 Å². The Kier molecular flexibility index (Phi) is 4.99. The van der Waals surface area contributed by atoms with Crippen LogP contribution < -0.4 is 5.69 Å². The maximum absolute atomic E-state index is 13.2. The van der Waals surface area contributed by atoms with E-state index in [1.807, 2.05) is 0 Å². The van der Waals surface area contributed by atoms with Crippen LogP contribution in [-0.4, -0.2) is 15.0 Å². The fraction of sp³-hybridized carbons (Fsp3) is 0.188. The molecule has 5 heteroatoms. The van der Waals surface area contributed by atoms with Crippen LogP contribution in [-0.2, 0) is 6.42 Å². The fourth-order valence-electron chi connectivity index (χ4n) is 2.00. The quantitative estimate of drug-likeness (QED) is 0.858. The van der Waals surface area contributed by atoms with Gasteiger partial charge in [-0.15, -0.1) is 6.42 Å². The SMILES string of the molecule is C#C/C=C(/F)CCCc1cnc(=O)[nH]c1-c1ccncc1. The summed E-state index contributed by atoms with van der Waals surface area (Å²) in [6.07, 6.45) is 12.4. The molecule has 0 aliphatic rings. The number of terminal acetylenes is 1. The molecule has 0 bridgehead atoms. The molecular formula is C16H14FN3O. The second-order valence-corrected chi connectivity index (χ2v) is 4.44. The van der Waals surface area contributed by atoms with E-state index in [1.54, 1.807) is 24.5 Å². The van der Waals surface area contributed by atoms with Crippen LogP contribution in [0.5, 0.6) is 0 Å². The Morgan fingerprint density at radius 1 is 1.43 bits per heavy atom. The number of hydrogen-bond acceptors (Lipinski definition) is 3. The zero-order chi connectivity index (χ0) is 15.1. The van der Waals surface area contributed by atoms with Crippen LogP contribution in [0, 0.1) is 12.3 Å². The molecule has 2 aromatic heterocycles. The summed E-state index contributed by atoms with van der Waals surface area (Å²) in [5.74, 6) is 1.84. The number of aromatic amines is 1. The van der Waals surface area contributed by atoms with Crippen LogP contribution in [0.3, 0.4) is 0 Å². The number of nitrogens with zero attached hydrogens (tertiary/aromatic N) is 2. The summed E-state index contributed by atoms with van der Waals surface area (Å²) in [6.45, 7) is 0. The Morgan fingerprint density at radius 2 is 2.19 bits per heavy atom. The van der Waals surface area contributed by atoms with Crippen LogP contribution in [0.25, 0.3) is 11.3 Å². The third-order valence-electron chi connectivity index (χ3n) is 2.96. The van der Waals surface area contributed by atoms with Gasteiger partial charge in [-0.3, -0.25) is 4.98 Å². The molecule has 21 heavy (non-hydrogen) atoms. The van der Waals surface area contributed by atoms with Crippen molar-refractivity contribution in [2.24, 2.45) is 0 Å². The Bertz CT molecular complexity index is 729. The monoisotopic (exact) mass is 283 g/mol. The van der Waals surface area contributed by atoms with Gasteiger partial charge in [0.05, 0.1) is 5.69 Å². The molecule has 2 rings (SSSR count). The van der Waals surface area contributed by atoms with Gasteiger partial charge in [0.25, 0.3) is 0 Å². The molecule has 0 amide bonds. The Labute approximate surface area is 121 Å². The molecule has 0 saturated heterocycles. The van der Waals surface area contributed by atoms with Crippen molar-refractivity contribution in [2.45, 2.75) is 19.3 Å². The van der Waals surface area contributed by atoms with Crippen LogP contribution >= 0.6 is 0 Å². The van der Waals surface area contributed by atoms with E-state index in [-0.39, 0.29) is 12.2 Å². The third kappa shape index (κ3) is 4.11. The molecule has 0 atom stereocenters. The Morgan fingerprint density at radius 3 is 2.90 bits per heavy atom. The van der Waals surface area contributed by atoms with E-state index < -0.39 is 5.69 Å². The summed E-state index contributed by atoms with van der Waals surface area (Å²) >= 11 is 0. The lowest BCUT2D eigenvalue weighted by Gasteiger charge is -2.08. The van der Waals surface area contributed by atoms with Crippen LogP contribution in [0.1, 0.15) is 18.4 Å². The zero-order valence-corrected chi connectivity index (χ0v) is 11.3. The van der Waals surface area contributed by atoms with Crippen molar-refractivity contribution in [3.05, 3.63) is 58.7 Å². The molecule has 0 aliphatic heterocycles. The minimum atomic E-state index is -0.413. The average Bonchev–Trinajstić information content (AvgIpc) is 2.50. The van der Waals surface area contributed by atoms with E-state index in [1.165, 1.54) is 6.20 Å². The molecule has 2 heterocycles. The van der Waals surface area contributed by atoms with E-state index in [9.17, 15) is 9.18 Å². The summed E-state index contributed by atoms with van der Waals surface area (Å²) in [5, 5.41) is 0. The van der Waals surface area contributed by atoms with Gasteiger partial charge < -0.3 is 4.98 Å². The van der Waals surface area contributed by atoms with Gasteiger partial charge in [-0.25, -0.2) is 14.2 Å². The number of aromatic nitrogens is 3. The van der Waals surface area contributed by atoms with Crippen molar-refractivity contribution < 1.29 is 4.39 Å². The van der Waals surface area contributed by atoms with E-state index in [2.05, 4.69) is 20.9 Å². The maximum Gasteiger partial charge on any atom is 0.345 e. The van der Waals surface area contributed by atoms with Gasteiger partial charge in [-0.05, 0) is 30.5 Å². The van der Waals surface area contributed by atoms with Crippen LogP contribution in [0.4, 0.5) is 4.39 Å². The summed E-state index contributed by atoms with van der Waals surface area (Å²) in [7, 11) is 0. The smallest absolute Gasteiger partial charge is 0.305 e. The Hall–Kier alpha value is -2.74. The number of H-pyrrole nitrogens is 1. The van der Waals surface area contributed by atoms with E-state index >= 15 is 0 Å². The average molecular weight is 283 g/mol. The van der Waals surface area contributed by atoms with Gasteiger partial charge in [0.1, 0.15) is 5.83 Å². The number of halogens is 1. The van der Waals surface area contributed by atoms with Crippen molar-refractivity contribution in [1.29, 1.82) is 0 Å². The molecule has 2 aromatic rings. The normalized spacial score (nSPS) is 11.1. The van der Waals surface area contributed by atoms with Crippen molar-refractivity contribution in [3.8, 4) is 23.6 Å². The molecular weight excluding hydrogens is 269 g/mol. The van der Waals surface area contributed by atoms with E-state index in [0.29, 0.717) is 18.5 Å². The second-order valence-electron chi connectivity index (χ2n) is 4.44. The maximum atomic E-state index is 13.2. The van der Waals surface area contributed by atoms with Crippen molar-refractivity contribution in [1.82, 2.24) is 15.0 Å². The zero-order valence-electron chi connectivity index (χ0n) is 11.3. The minimum Gasteiger partial charge on any atom is -0.305 e. The first-order valence-corrected chi connectivity index (χ1v) is 6.50. The third-order valence-corrected chi connectivity index (χ3v) is 2.96. The van der Waals surface area contributed by atoms with Gasteiger partial charge in [0.2, 0.25) is 0 Å². The summed E-state index contributed by atoms with van der Waals surface area (Å²) in [6, 6.07) is 3.60. The number of allylic oxidation sites excluding steroid dienone is 2. The van der Waals surface area contributed by atoms with Gasteiger partial charge in [0, 0.05) is 36.7 Å². The first-order valence-electron chi connectivity index (χ1n) is 6.50. The first kappa shape index (κ1) is 14.7. The fourth-order valence-corrected chi connectivity index (χ4v) is 2.00. The number of pyridine rings is 1. The lowest BCUT2D eigenvalue weighted by Crippen LogP contribution is -2.12. The molecule has 0 saturated carbocycles. The highest BCUT2D eigenvalue weighted by atomic mass is 19.1. The van der Waals surface area contributed by atoms with Gasteiger partial charge in [0.15, 0.2) is 0 Å². The van der Waals surface area contributed by atoms with Crippen LogP contribution in [0.15, 0.2) is 47.4 Å². The molecule has 0 fully saturated rings. The molecule has 0 radical (unpaired) electrons. The molecule has 0 aliphatic carbocycles. The predicted octanol–water partition coefficient (Wildman–Crippen LogP) is 2.64. The van der Waals surface area contributed by atoms with Crippen molar-refractivity contribution >= 4 is 0 Å². The number of aryl methyl sites for hydroxylation is 1. The lowest BCUT2D eigenvalue weighted by molar-refractivity contribution is 0.574. The highest BCUT2D eigenvalue weighted by Crippen LogP contribution is 2.21. The van der Waals surface area contributed by atoms with Crippen molar-refractivity contribution in [2.75, 3.05) is 0 Å². The van der Waals surface area contributed by atoms with E-state index in [0.717, 1.165) is 17.2 Å². The molecule has 0 unspecified atom stereocenters. The second kappa shape index (κ2) is 7.15. The Balaban J connectivity index is 2.19. The van der Waals surface area contributed by atoms with Gasteiger partial charge in [-0.1, -0.05) is 5.92 Å². The number of nitrogens with one attached hydrogen (secondary N) is 1. The largest absolute Gasteiger partial charge is 0.345 e. The number of hydrogen-bond donors (Lipinski definition) is 1. The summed E-state index contributed by atoms with van der Waals surface area (Å²) in [5.41, 5.74) is 1.98. The minimum absolute atomic E-state index is 0.263. The topological polar surface area (TPSA) is 58.6 Å². The molecule has 1 N–H and O–H groups in total. The lowest BCUT2D eigenvalue weighted by atomic mass is 10.0. The van der Waals surface area contributed by atoms with Gasteiger partial charge >= 0.3 is 5.69 Å². The number of rotatable bonds is 5. The molecule has 4 nitrogen and oxygen atoms in total. The predicted molar refractivity (Wildman–Crippen MR) is 79.1 cm³/mol. The molecule has 0 aromatic carbocycles. The van der Waals surface area contributed by atoms with Gasteiger partial charge in [-0.2, -0.15) is 0 Å². The standard InChI is InChI=1S/C16H14FN3O/c1-2-4-14(17)6-3-5-13-11-19-16(21)20-15(13)12-7-9-18-10-8-12/h1,4,7-11H,3,5-6H2,(H,19,20,21)/b14-4+. The first-order chi connectivity index (χ1) is 10.2. The summed E-state index contributed by atoms with van der Waals surface area (Å²) < 4.78 is 13.2.